The maximum atomic E-state index is 13.7. The molecule has 0 aliphatic heterocycles. The van der Waals surface area contributed by atoms with Crippen molar-refractivity contribution in [3.8, 4) is 11.1 Å². The number of nitrogens with zero attached hydrogens (tertiary/aromatic N) is 2. The maximum absolute atomic E-state index is 13.7. The summed E-state index contributed by atoms with van der Waals surface area (Å²) in [7, 11) is 0. The van der Waals surface area contributed by atoms with Crippen LogP contribution < -0.4 is 10.6 Å². The highest BCUT2D eigenvalue weighted by molar-refractivity contribution is 7.21. The number of fused-ring (bicyclic) bond motifs is 1. The van der Waals surface area contributed by atoms with Gasteiger partial charge in [0, 0.05) is 33.9 Å². The second kappa shape index (κ2) is 9.06. The van der Waals surface area contributed by atoms with Crippen LogP contribution in [-0.4, -0.2) is 10.9 Å². The standard InChI is InChI=1S/C27H20ClN3OS/c28-25-23-5-1-2-6-24(23)33-26(25)27(32)31(22-13-11-21(29)12-14-22)17-18-7-9-19(10-8-18)20-4-3-15-30-16-20/h1-16H,17,29H2. The fourth-order valence-corrected chi connectivity index (χ4v) is 5.19. The highest BCUT2D eigenvalue weighted by Crippen LogP contribution is 2.37. The average Bonchev–Trinajstić information content (AvgIpc) is 3.20. The number of rotatable bonds is 5. The number of hydrogen-bond acceptors (Lipinski definition) is 4. The topological polar surface area (TPSA) is 59.2 Å². The molecule has 0 bridgehead atoms. The van der Waals surface area contributed by atoms with Crippen LogP contribution in [0.3, 0.4) is 0 Å². The second-order valence-corrected chi connectivity index (χ2v) is 9.09. The Morgan fingerprint density at radius 2 is 1.67 bits per heavy atom. The Morgan fingerprint density at radius 3 is 2.36 bits per heavy atom. The molecule has 0 aliphatic carbocycles. The first-order chi connectivity index (χ1) is 16.1. The molecule has 4 nitrogen and oxygen atoms in total. The first kappa shape index (κ1) is 21.2. The number of benzene rings is 3. The van der Waals surface area contributed by atoms with Crippen LogP contribution in [0.2, 0.25) is 5.02 Å². The van der Waals surface area contributed by atoms with Gasteiger partial charge in [0.2, 0.25) is 0 Å². The number of anilines is 2. The molecule has 0 unspecified atom stereocenters. The van der Waals surface area contributed by atoms with E-state index >= 15 is 0 Å². The molecule has 33 heavy (non-hydrogen) atoms. The number of halogens is 1. The van der Waals surface area contributed by atoms with Gasteiger partial charge in [-0.3, -0.25) is 9.78 Å². The molecule has 2 N–H and O–H groups in total. The van der Waals surface area contributed by atoms with E-state index in [9.17, 15) is 4.79 Å². The van der Waals surface area contributed by atoms with E-state index in [0.717, 1.165) is 32.5 Å². The Morgan fingerprint density at radius 1 is 0.909 bits per heavy atom. The van der Waals surface area contributed by atoms with E-state index in [-0.39, 0.29) is 5.91 Å². The summed E-state index contributed by atoms with van der Waals surface area (Å²) in [4.78, 5) is 20.2. The van der Waals surface area contributed by atoms with Crippen molar-refractivity contribution in [1.82, 2.24) is 4.98 Å². The predicted octanol–water partition coefficient (Wildman–Crippen LogP) is 7.05. The summed E-state index contributed by atoms with van der Waals surface area (Å²) >= 11 is 8.05. The number of carbonyl (C=O) groups excluding carboxylic acids is 1. The summed E-state index contributed by atoms with van der Waals surface area (Å²) in [6.45, 7) is 0.403. The van der Waals surface area contributed by atoms with E-state index in [2.05, 4.69) is 4.98 Å². The first-order valence-corrected chi connectivity index (χ1v) is 11.6. The zero-order valence-electron chi connectivity index (χ0n) is 17.6. The predicted molar refractivity (Wildman–Crippen MR) is 138 cm³/mol. The fraction of sp³-hybridized carbons (Fsp3) is 0.0370. The minimum Gasteiger partial charge on any atom is -0.399 e. The number of nitrogen functional groups attached to an aromatic ring is 1. The largest absolute Gasteiger partial charge is 0.399 e. The van der Waals surface area contributed by atoms with Crippen molar-refractivity contribution in [2.24, 2.45) is 0 Å². The third kappa shape index (κ3) is 4.33. The number of aromatic nitrogens is 1. The Bertz CT molecular complexity index is 1410. The van der Waals surface area contributed by atoms with Gasteiger partial charge >= 0.3 is 0 Å². The lowest BCUT2D eigenvalue weighted by Crippen LogP contribution is -2.30. The molecule has 0 atom stereocenters. The molecular formula is C27H20ClN3OS. The summed E-state index contributed by atoms with van der Waals surface area (Å²) < 4.78 is 0.990. The summed E-state index contributed by atoms with van der Waals surface area (Å²) in [5.41, 5.74) is 10.4. The molecule has 0 radical (unpaired) electrons. The fourth-order valence-electron chi connectivity index (χ4n) is 3.73. The van der Waals surface area contributed by atoms with Gasteiger partial charge in [0.25, 0.3) is 5.91 Å². The summed E-state index contributed by atoms with van der Waals surface area (Å²) in [6, 6.07) is 27.2. The Hall–Kier alpha value is -3.67. The molecule has 162 valence electrons. The maximum Gasteiger partial charge on any atom is 0.270 e. The lowest BCUT2D eigenvalue weighted by atomic mass is 10.1. The molecule has 0 aliphatic rings. The quantitative estimate of drug-likeness (QED) is 0.280. The van der Waals surface area contributed by atoms with Crippen molar-refractivity contribution in [3.63, 3.8) is 0 Å². The summed E-state index contributed by atoms with van der Waals surface area (Å²) in [5, 5.41) is 1.39. The van der Waals surface area contributed by atoms with Crippen molar-refractivity contribution >= 4 is 50.3 Å². The Kier molecular flexibility index (Phi) is 5.82. The van der Waals surface area contributed by atoms with E-state index < -0.39 is 0 Å². The molecule has 5 rings (SSSR count). The highest BCUT2D eigenvalue weighted by Gasteiger charge is 2.24. The molecule has 0 spiro atoms. The normalized spacial score (nSPS) is 10.9. The monoisotopic (exact) mass is 469 g/mol. The van der Waals surface area contributed by atoms with Crippen LogP contribution in [0.25, 0.3) is 21.2 Å². The smallest absolute Gasteiger partial charge is 0.270 e. The number of carbonyl (C=O) groups is 1. The summed E-state index contributed by atoms with van der Waals surface area (Å²) in [5.74, 6) is -0.137. The number of amides is 1. The zero-order valence-corrected chi connectivity index (χ0v) is 19.2. The molecular weight excluding hydrogens is 450 g/mol. The molecule has 0 saturated carbocycles. The van der Waals surface area contributed by atoms with Gasteiger partial charge < -0.3 is 10.6 Å². The van der Waals surface area contributed by atoms with Crippen molar-refractivity contribution in [2.45, 2.75) is 6.54 Å². The molecule has 2 aromatic heterocycles. The van der Waals surface area contributed by atoms with Gasteiger partial charge in [0.15, 0.2) is 0 Å². The lowest BCUT2D eigenvalue weighted by Gasteiger charge is -2.23. The molecule has 0 saturated heterocycles. The van der Waals surface area contributed by atoms with Gasteiger partial charge in [-0.25, -0.2) is 0 Å². The van der Waals surface area contributed by atoms with E-state index in [1.165, 1.54) is 11.3 Å². The molecule has 2 heterocycles. The Labute approximate surface area is 200 Å². The molecule has 3 aromatic carbocycles. The molecule has 5 aromatic rings. The SMILES string of the molecule is Nc1ccc(N(Cc2ccc(-c3cccnc3)cc2)C(=O)c2sc3ccccc3c2Cl)cc1. The van der Waals surface area contributed by atoms with Gasteiger partial charge in [0.05, 0.1) is 11.6 Å². The van der Waals surface area contributed by atoms with Crippen LogP contribution in [0.15, 0.2) is 97.3 Å². The first-order valence-electron chi connectivity index (χ1n) is 10.4. The number of pyridine rings is 1. The van der Waals surface area contributed by atoms with E-state index in [1.54, 1.807) is 23.2 Å². The van der Waals surface area contributed by atoms with Gasteiger partial charge in [-0.15, -0.1) is 11.3 Å². The third-order valence-electron chi connectivity index (χ3n) is 5.47. The van der Waals surface area contributed by atoms with E-state index in [4.69, 9.17) is 17.3 Å². The van der Waals surface area contributed by atoms with E-state index in [1.807, 2.05) is 79.0 Å². The lowest BCUT2D eigenvalue weighted by molar-refractivity contribution is 0.0989. The van der Waals surface area contributed by atoms with Crippen molar-refractivity contribution in [3.05, 3.63) is 113 Å². The van der Waals surface area contributed by atoms with Crippen molar-refractivity contribution < 1.29 is 4.79 Å². The van der Waals surface area contributed by atoms with Gasteiger partial charge in [-0.05, 0) is 53.1 Å². The van der Waals surface area contributed by atoms with Crippen LogP contribution in [0.4, 0.5) is 11.4 Å². The van der Waals surface area contributed by atoms with Crippen LogP contribution in [0.5, 0.6) is 0 Å². The molecule has 1 amide bonds. The number of thiophene rings is 1. The van der Waals surface area contributed by atoms with Crippen LogP contribution in [0, 0.1) is 0 Å². The summed E-state index contributed by atoms with van der Waals surface area (Å²) in [6.07, 6.45) is 3.59. The Balaban J connectivity index is 1.50. The average molecular weight is 470 g/mol. The van der Waals surface area contributed by atoms with Gasteiger partial charge in [0.1, 0.15) is 4.88 Å². The van der Waals surface area contributed by atoms with Crippen LogP contribution in [-0.2, 0) is 6.54 Å². The highest BCUT2D eigenvalue weighted by atomic mass is 35.5. The molecule has 0 fully saturated rings. The van der Waals surface area contributed by atoms with E-state index in [0.29, 0.717) is 22.1 Å². The van der Waals surface area contributed by atoms with Gasteiger partial charge in [-0.2, -0.15) is 0 Å². The number of nitrogens with two attached hydrogens (primary N) is 1. The third-order valence-corrected chi connectivity index (χ3v) is 7.13. The van der Waals surface area contributed by atoms with Crippen molar-refractivity contribution in [2.75, 3.05) is 10.6 Å². The minimum absolute atomic E-state index is 0.137. The second-order valence-electron chi connectivity index (χ2n) is 7.66. The minimum atomic E-state index is -0.137. The van der Waals surface area contributed by atoms with Crippen molar-refractivity contribution in [1.29, 1.82) is 0 Å². The number of hydrogen-bond donors (Lipinski definition) is 1. The molecule has 6 heteroatoms. The van der Waals surface area contributed by atoms with Crippen LogP contribution in [0.1, 0.15) is 15.2 Å². The van der Waals surface area contributed by atoms with Crippen LogP contribution >= 0.6 is 22.9 Å². The van der Waals surface area contributed by atoms with Gasteiger partial charge in [-0.1, -0.05) is 60.1 Å². The zero-order chi connectivity index (χ0) is 22.8.